The van der Waals surface area contributed by atoms with Gasteiger partial charge in [-0.2, -0.15) is 0 Å². The minimum absolute atomic E-state index is 0. The molecule has 25 heavy (non-hydrogen) atoms. The first kappa shape index (κ1) is 21.6. The molecule has 1 N–H and O–H groups in total. The zero-order valence-electron chi connectivity index (χ0n) is 14.9. The van der Waals surface area contributed by atoms with E-state index in [9.17, 15) is 4.79 Å². The van der Waals surface area contributed by atoms with Gasteiger partial charge in [0.05, 0.1) is 19.7 Å². The molecule has 0 bridgehead atoms. The van der Waals surface area contributed by atoms with Crippen molar-refractivity contribution in [2.75, 3.05) is 33.4 Å². The Labute approximate surface area is 160 Å². The molecule has 1 amide bonds. The maximum absolute atomic E-state index is 12.6. The van der Waals surface area contributed by atoms with Crippen molar-refractivity contribution >= 4 is 29.7 Å². The number of amides is 1. The van der Waals surface area contributed by atoms with Crippen LogP contribution in [0, 0.1) is 6.92 Å². The molecule has 1 heterocycles. The third-order valence-electron chi connectivity index (χ3n) is 3.77. The zero-order chi connectivity index (χ0) is 17.2. The van der Waals surface area contributed by atoms with Crippen LogP contribution in [0.5, 0.6) is 0 Å². The third kappa shape index (κ3) is 8.01. The van der Waals surface area contributed by atoms with Crippen LogP contribution < -0.4 is 5.32 Å². The second-order valence-electron chi connectivity index (χ2n) is 5.73. The van der Waals surface area contributed by atoms with Crippen molar-refractivity contribution in [3.63, 3.8) is 0 Å². The molecule has 0 atom stereocenters. The molecule has 138 valence electrons. The molecule has 0 aliphatic carbocycles. The van der Waals surface area contributed by atoms with E-state index in [1.54, 1.807) is 18.4 Å². The van der Waals surface area contributed by atoms with Gasteiger partial charge in [-0.25, -0.2) is 0 Å². The summed E-state index contributed by atoms with van der Waals surface area (Å²) in [5.74, 6) is 0.132. The highest BCUT2D eigenvalue weighted by Gasteiger charge is 2.14. The van der Waals surface area contributed by atoms with Crippen LogP contribution in [0.3, 0.4) is 0 Å². The summed E-state index contributed by atoms with van der Waals surface area (Å²) in [6.45, 7) is 5.15. The van der Waals surface area contributed by atoms with Crippen LogP contribution >= 0.6 is 23.7 Å². The fourth-order valence-electron chi connectivity index (χ4n) is 2.44. The van der Waals surface area contributed by atoms with Gasteiger partial charge in [-0.3, -0.25) is 4.79 Å². The van der Waals surface area contributed by atoms with Crippen LogP contribution in [0.25, 0.3) is 0 Å². The summed E-state index contributed by atoms with van der Waals surface area (Å²) in [4.78, 5) is 17.0. The summed E-state index contributed by atoms with van der Waals surface area (Å²) in [5, 5.41) is 3.14. The van der Waals surface area contributed by atoms with E-state index in [1.807, 2.05) is 23.1 Å². The first-order valence-electron chi connectivity index (χ1n) is 8.25. The maximum atomic E-state index is 12.6. The van der Waals surface area contributed by atoms with Gasteiger partial charge < -0.3 is 15.0 Å². The molecule has 0 aliphatic rings. The largest absolute Gasteiger partial charge is 0.383 e. The highest BCUT2D eigenvalue weighted by molar-refractivity contribution is 7.11. The lowest BCUT2D eigenvalue weighted by Gasteiger charge is -2.22. The van der Waals surface area contributed by atoms with Gasteiger partial charge in [0.15, 0.2) is 0 Å². The summed E-state index contributed by atoms with van der Waals surface area (Å²) in [6, 6.07) is 14.5. The lowest BCUT2D eigenvalue weighted by atomic mass is 10.1. The molecule has 0 radical (unpaired) electrons. The summed E-state index contributed by atoms with van der Waals surface area (Å²) < 4.78 is 5.00. The van der Waals surface area contributed by atoms with Crippen molar-refractivity contribution in [3.05, 3.63) is 57.8 Å². The van der Waals surface area contributed by atoms with Crippen molar-refractivity contribution in [1.82, 2.24) is 10.2 Å². The van der Waals surface area contributed by atoms with Crippen LogP contribution in [-0.4, -0.2) is 44.2 Å². The number of thiophene rings is 1. The Balaban J connectivity index is 0.00000312. The Morgan fingerprint density at radius 2 is 1.96 bits per heavy atom. The topological polar surface area (TPSA) is 41.6 Å². The SMILES string of the molecule is COCCNCC(=O)N(CCc1ccccc1)Cc1ccc(C)s1.Cl. The molecular formula is C19H27ClN2O2S. The number of aryl methyl sites for hydroxylation is 1. The van der Waals surface area contributed by atoms with Crippen molar-refractivity contribution < 1.29 is 9.53 Å². The fraction of sp³-hybridized carbons (Fsp3) is 0.421. The lowest BCUT2D eigenvalue weighted by molar-refractivity contribution is -0.130. The molecule has 2 aromatic rings. The van der Waals surface area contributed by atoms with Gasteiger partial charge in [0.1, 0.15) is 0 Å². The Morgan fingerprint density at radius 3 is 2.60 bits per heavy atom. The van der Waals surface area contributed by atoms with Crippen LogP contribution in [0.1, 0.15) is 15.3 Å². The summed E-state index contributed by atoms with van der Waals surface area (Å²) in [5.41, 5.74) is 1.25. The molecule has 6 heteroatoms. The third-order valence-corrected chi connectivity index (χ3v) is 4.75. The van der Waals surface area contributed by atoms with Crippen molar-refractivity contribution in [2.45, 2.75) is 19.9 Å². The van der Waals surface area contributed by atoms with E-state index >= 15 is 0 Å². The quantitative estimate of drug-likeness (QED) is 0.641. The standard InChI is InChI=1S/C19H26N2O2S.ClH/c1-16-8-9-18(24-16)15-21(19(22)14-20-11-13-23-2)12-10-17-6-4-3-5-7-17;/h3-9,20H,10-15H2,1-2H3;1H. The average Bonchev–Trinajstić information content (AvgIpc) is 3.01. The number of hydrogen-bond donors (Lipinski definition) is 1. The number of benzene rings is 1. The number of carbonyl (C=O) groups excluding carboxylic acids is 1. The minimum atomic E-state index is 0. The fourth-order valence-corrected chi connectivity index (χ4v) is 3.35. The minimum Gasteiger partial charge on any atom is -0.383 e. The van der Waals surface area contributed by atoms with Crippen LogP contribution in [0.4, 0.5) is 0 Å². The van der Waals surface area contributed by atoms with E-state index in [0.29, 0.717) is 26.2 Å². The summed E-state index contributed by atoms with van der Waals surface area (Å²) in [6.07, 6.45) is 0.870. The number of ether oxygens (including phenoxy) is 1. The van der Waals surface area contributed by atoms with E-state index < -0.39 is 0 Å². The molecule has 0 spiro atoms. The molecule has 0 saturated heterocycles. The second kappa shape index (κ2) is 12.0. The molecule has 0 unspecified atom stereocenters. The number of methoxy groups -OCH3 is 1. The van der Waals surface area contributed by atoms with Crippen LogP contribution in [0.15, 0.2) is 42.5 Å². The molecule has 1 aromatic carbocycles. The van der Waals surface area contributed by atoms with Gasteiger partial charge in [0.2, 0.25) is 5.91 Å². The molecule has 0 aliphatic heterocycles. The number of hydrogen-bond acceptors (Lipinski definition) is 4. The Hall–Kier alpha value is -1.40. The van der Waals surface area contributed by atoms with E-state index in [4.69, 9.17) is 4.74 Å². The molecular weight excluding hydrogens is 356 g/mol. The van der Waals surface area contributed by atoms with Gasteiger partial charge in [0.25, 0.3) is 0 Å². The maximum Gasteiger partial charge on any atom is 0.236 e. The average molecular weight is 383 g/mol. The normalized spacial score (nSPS) is 10.3. The molecule has 2 rings (SSSR count). The van der Waals surface area contributed by atoms with Gasteiger partial charge in [-0.05, 0) is 31.0 Å². The number of nitrogens with zero attached hydrogens (tertiary/aromatic N) is 1. The Kier molecular flexibility index (Phi) is 10.4. The lowest BCUT2D eigenvalue weighted by Crippen LogP contribution is -2.39. The highest BCUT2D eigenvalue weighted by Crippen LogP contribution is 2.17. The predicted molar refractivity (Wildman–Crippen MR) is 107 cm³/mol. The zero-order valence-corrected chi connectivity index (χ0v) is 16.5. The molecule has 0 fully saturated rings. The molecule has 4 nitrogen and oxygen atoms in total. The Bertz CT molecular complexity index is 619. The van der Waals surface area contributed by atoms with Crippen molar-refractivity contribution in [2.24, 2.45) is 0 Å². The van der Waals surface area contributed by atoms with Gasteiger partial charge in [-0.1, -0.05) is 30.3 Å². The predicted octanol–water partition coefficient (Wildman–Crippen LogP) is 3.29. The van der Waals surface area contributed by atoms with Crippen molar-refractivity contribution in [1.29, 1.82) is 0 Å². The smallest absolute Gasteiger partial charge is 0.236 e. The first-order chi connectivity index (χ1) is 11.7. The van der Waals surface area contributed by atoms with Crippen LogP contribution in [0.2, 0.25) is 0 Å². The van der Waals surface area contributed by atoms with Gasteiger partial charge in [-0.15, -0.1) is 23.7 Å². The van der Waals surface area contributed by atoms with Gasteiger partial charge >= 0.3 is 0 Å². The monoisotopic (exact) mass is 382 g/mol. The second-order valence-corrected chi connectivity index (χ2v) is 7.11. The summed E-state index contributed by atoms with van der Waals surface area (Å²) in [7, 11) is 1.66. The van der Waals surface area contributed by atoms with Gasteiger partial charge in [0, 0.05) is 30.0 Å². The molecule has 1 aromatic heterocycles. The number of halogens is 1. The number of rotatable bonds is 10. The molecule has 0 saturated carbocycles. The van der Waals surface area contributed by atoms with E-state index in [2.05, 4.69) is 36.5 Å². The van der Waals surface area contributed by atoms with E-state index in [0.717, 1.165) is 13.0 Å². The first-order valence-corrected chi connectivity index (χ1v) is 9.07. The van der Waals surface area contributed by atoms with E-state index in [1.165, 1.54) is 15.3 Å². The van der Waals surface area contributed by atoms with Crippen molar-refractivity contribution in [3.8, 4) is 0 Å². The Morgan fingerprint density at radius 1 is 1.20 bits per heavy atom. The number of carbonyl (C=O) groups is 1. The van der Waals surface area contributed by atoms with Crippen LogP contribution in [-0.2, 0) is 22.5 Å². The highest BCUT2D eigenvalue weighted by atomic mass is 35.5. The van der Waals surface area contributed by atoms with E-state index in [-0.39, 0.29) is 18.3 Å². The number of nitrogens with one attached hydrogen (secondary N) is 1. The summed E-state index contributed by atoms with van der Waals surface area (Å²) >= 11 is 1.75.